The van der Waals surface area contributed by atoms with E-state index in [1.165, 1.54) is 12.4 Å². The number of halogens is 1. The highest BCUT2D eigenvalue weighted by atomic mass is 19.1. The van der Waals surface area contributed by atoms with Crippen LogP contribution in [0.5, 0.6) is 0 Å². The number of rotatable bonds is 2. The summed E-state index contributed by atoms with van der Waals surface area (Å²) in [5.41, 5.74) is 0.169. The summed E-state index contributed by atoms with van der Waals surface area (Å²) in [4.78, 5) is 18.9. The Hall–Kier alpha value is -1.75. The summed E-state index contributed by atoms with van der Waals surface area (Å²) in [5, 5.41) is 0.0879. The second-order valence-corrected chi connectivity index (χ2v) is 6.11. The third-order valence-electron chi connectivity index (χ3n) is 4.10. The highest BCUT2D eigenvalue weighted by molar-refractivity contribution is 5.77. The molecule has 4 nitrogen and oxygen atoms in total. The number of fused-ring (bicyclic) bond motifs is 1. The fourth-order valence-corrected chi connectivity index (χ4v) is 3.08. The summed E-state index contributed by atoms with van der Waals surface area (Å²) in [6.07, 6.45) is 2.57. The third kappa shape index (κ3) is 2.22. The van der Waals surface area contributed by atoms with Crippen LogP contribution in [0.4, 0.5) is 4.39 Å². The van der Waals surface area contributed by atoms with Crippen LogP contribution in [0.1, 0.15) is 13.3 Å². The Bertz CT molecular complexity index is 712. The lowest BCUT2D eigenvalue weighted by atomic mass is 9.90. The normalized spacial score (nSPS) is 23.6. The van der Waals surface area contributed by atoms with E-state index in [4.69, 9.17) is 0 Å². The minimum Gasteiger partial charge on any atom is -0.306 e. The number of benzene rings is 1. The zero-order valence-electron chi connectivity index (χ0n) is 11.8. The molecule has 0 bridgehead atoms. The van der Waals surface area contributed by atoms with Crippen LogP contribution in [-0.4, -0.2) is 34.6 Å². The van der Waals surface area contributed by atoms with Crippen molar-refractivity contribution in [3.05, 3.63) is 40.7 Å². The molecule has 1 aliphatic rings. The van der Waals surface area contributed by atoms with Crippen LogP contribution >= 0.6 is 0 Å². The van der Waals surface area contributed by atoms with Gasteiger partial charge in [-0.05, 0) is 37.6 Å². The zero-order chi connectivity index (χ0) is 14.3. The maximum Gasteiger partial charge on any atom is 0.264 e. The molecule has 0 N–H and O–H groups in total. The molecule has 20 heavy (non-hydrogen) atoms. The first-order chi connectivity index (χ1) is 9.48. The van der Waals surface area contributed by atoms with Crippen LogP contribution in [0.25, 0.3) is 10.9 Å². The predicted molar refractivity (Wildman–Crippen MR) is 76.2 cm³/mol. The largest absolute Gasteiger partial charge is 0.306 e. The van der Waals surface area contributed by atoms with E-state index < -0.39 is 5.82 Å². The standard InChI is InChI=1S/C15H18FN3O/c1-15(6-7-18(2)8-15)9-19-10-17-12-5-3-4-11(16)13(12)14(19)20/h3-5,10H,6-9H2,1-2H3/t15-/m1/s1. The third-order valence-corrected chi connectivity index (χ3v) is 4.10. The van der Waals surface area contributed by atoms with Crippen molar-refractivity contribution in [2.75, 3.05) is 20.1 Å². The van der Waals surface area contributed by atoms with Gasteiger partial charge in [-0.25, -0.2) is 9.37 Å². The molecule has 3 rings (SSSR count). The van der Waals surface area contributed by atoms with E-state index in [0.717, 1.165) is 19.5 Å². The van der Waals surface area contributed by atoms with Crippen LogP contribution in [0.15, 0.2) is 29.3 Å². The van der Waals surface area contributed by atoms with Crippen molar-refractivity contribution in [3.8, 4) is 0 Å². The number of nitrogens with zero attached hydrogens (tertiary/aromatic N) is 3. The maximum absolute atomic E-state index is 13.8. The van der Waals surface area contributed by atoms with Crippen molar-refractivity contribution in [1.29, 1.82) is 0 Å². The van der Waals surface area contributed by atoms with Gasteiger partial charge in [-0.3, -0.25) is 9.36 Å². The molecule has 106 valence electrons. The SMILES string of the molecule is CN1CC[C@@](C)(Cn2cnc3cccc(F)c3c2=O)C1. The van der Waals surface area contributed by atoms with Gasteiger partial charge in [-0.15, -0.1) is 0 Å². The van der Waals surface area contributed by atoms with E-state index in [0.29, 0.717) is 12.1 Å². The molecule has 2 aromatic rings. The second kappa shape index (κ2) is 4.66. The molecule has 0 radical (unpaired) electrons. The number of hydrogen-bond acceptors (Lipinski definition) is 3. The van der Waals surface area contributed by atoms with Gasteiger partial charge < -0.3 is 4.90 Å². The molecule has 2 heterocycles. The molecule has 1 fully saturated rings. The van der Waals surface area contributed by atoms with Crippen molar-refractivity contribution >= 4 is 10.9 Å². The van der Waals surface area contributed by atoms with Crippen molar-refractivity contribution in [2.24, 2.45) is 5.41 Å². The monoisotopic (exact) mass is 275 g/mol. The van der Waals surface area contributed by atoms with Gasteiger partial charge in [0, 0.05) is 13.1 Å². The highest BCUT2D eigenvalue weighted by Gasteiger charge is 2.32. The fraction of sp³-hybridized carbons (Fsp3) is 0.467. The zero-order valence-corrected chi connectivity index (χ0v) is 11.8. The first-order valence-corrected chi connectivity index (χ1v) is 6.81. The molecule has 0 aliphatic carbocycles. The average molecular weight is 275 g/mol. The quantitative estimate of drug-likeness (QED) is 0.840. The van der Waals surface area contributed by atoms with E-state index in [1.807, 2.05) is 0 Å². The van der Waals surface area contributed by atoms with Crippen LogP contribution in [0.2, 0.25) is 0 Å². The Morgan fingerprint density at radius 1 is 1.45 bits per heavy atom. The van der Waals surface area contributed by atoms with Crippen LogP contribution < -0.4 is 5.56 Å². The minimum atomic E-state index is -0.497. The summed E-state index contributed by atoms with van der Waals surface area (Å²) in [6, 6.07) is 4.54. The van der Waals surface area contributed by atoms with Gasteiger partial charge in [-0.1, -0.05) is 13.0 Å². The first kappa shape index (κ1) is 13.2. The minimum absolute atomic E-state index is 0.0409. The summed E-state index contributed by atoms with van der Waals surface area (Å²) >= 11 is 0. The van der Waals surface area contributed by atoms with Gasteiger partial charge in [0.25, 0.3) is 5.56 Å². The Morgan fingerprint density at radius 2 is 2.25 bits per heavy atom. The molecule has 1 aliphatic heterocycles. The second-order valence-electron chi connectivity index (χ2n) is 6.11. The van der Waals surface area contributed by atoms with E-state index in [2.05, 4.69) is 23.9 Å². The molecule has 1 aromatic heterocycles. The first-order valence-electron chi connectivity index (χ1n) is 6.81. The van der Waals surface area contributed by atoms with Crippen molar-refractivity contribution in [2.45, 2.75) is 19.9 Å². The summed E-state index contributed by atoms with van der Waals surface area (Å²) < 4.78 is 15.4. The lowest BCUT2D eigenvalue weighted by Gasteiger charge is -2.24. The molecule has 0 spiro atoms. The van der Waals surface area contributed by atoms with E-state index >= 15 is 0 Å². The molecule has 1 atom stereocenters. The van der Waals surface area contributed by atoms with E-state index in [-0.39, 0.29) is 16.4 Å². The molecule has 1 aromatic carbocycles. The summed E-state index contributed by atoms with van der Waals surface area (Å²) in [7, 11) is 2.08. The highest BCUT2D eigenvalue weighted by Crippen LogP contribution is 2.30. The number of hydrogen-bond donors (Lipinski definition) is 0. The Balaban J connectivity index is 2.03. The molecular formula is C15H18FN3O. The van der Waals surface area contributed by atoms with Gasteiger partial charge in [0.1, 0.15) is 11.2 Å². The van der Waals surface area contributed by atoms with Gasteiger partial charge in [0.05, 0.1) is 11.8 Å². The lowest BCUT2D eigenvalue weighted by Crippen LogP contribution is -2.32. The van der Waals surface area contributed by atoms with Gasteiger partial charge in [0.15, 0.2) is 0 Å². The van der Waals surface area contributed by atoms with E-state index in [9.17, 15) is 9.18 Å². The van der Waals surface area contributed by atoms with Crippen LogP contribution in [0.3, 0.4) is 0 Å². The summed E-state index contributed by atoms with van der Waals surface area (Å²) in [6.45, 7) is 4.71. The van der Waals surface area contributed by atoms with Gasteiger partial charge in [-0.2, -0.15) is 0 Å². The topological polar surface area (TPSA) is 38.1 Å². The summed E-state index contributed by atoms with van der Waals surface area (Å²) in [5.74, 6) is -0.497. The fourth-order valence-electron chi connectivity index (χ4n) is 3.08. The van der Waals surface area contributed by atoms with E-state index in [1.54, 1.807) is 16.7 Å². The van der Waals surface area contributed by atoms with Gasteiger partial charge >= 0.3 is 0 Å². The molecule has 5 heteroatoms. The molecule has 0 amide bonds. The molecule has 1 saturated heterocycles. The molecule has 0 unspecified atom stereocenters. The average Bonchev–Trinajstić information content (AvgIpc) is 2.73. The number of aromatic nitrogens is 2. The van der Waals surface area contributed by atoms with Crippen molar-refractivity contribution in [1.82, 2.24) is 14.5 Å². The Kier molecular flexibility index (Phi) is 3.09. The van der Waals surface area contributed by atoms with Crippen molar-refractivity contribution in [3.63, 3.8) is 0 Å². The maximum atomic E-state index is 13.8. The molecular weight excluding hydrogens is 257 g/mol. The van der Waals surface area contributed by atoms with Crippen molar-refractivity contribution < 1.29 is 4.39 Å². The van der Waals surface area contributed by atoms with Gasteiger partial charge in [0.2, 0.25) is 0 Å². The number of likely N-dealkylation sites (tertiary alicyclic amines) is 1. The Morgan fingerprint density at radius 3 is 2.95 bits per heavy atom. The van der Waals surface area contributed by atoms with Crippen LogP contribution in [0, 0.1) is 11.2 Å². The predicted octanol–water partition coefficient (Wildman–Crippen LogP) is 1.88. The molecule has 0 saturated carbocycles. The Labute approximate surface area is 116 Å². The smallest absolute Gasteiger partial charge is 0.264 e. The van der Waals surface area contributed by atoms with Crippen LogP contribution in [-0.2, 0) is 6.54 Å². The lowest BCUT2D eigenvalue weighted by molar-refractivity contribution is 0.265.